The largest absolute Gasteiger partial charge is 0.491 e. The first-order valence-corrected chi connectivity index (χ1v) is 9.26. The van der Waals surface area contributed by atoms with E-state index in [4.69, 9.17) is 15.8 Å². The molecule has 0 bridgehead atoms. The molecule has 138 valence electrons. The minimum atomic E-state index is -0.704. The number of thioether (sulfide) groups is 1. The normalized spacial score (nSPS) is 11.7. The lowest BCUT2D eigenvalue weighted by atomic mass is 10.1. The van der Waals surface area contributed by atoms with Crippen molar-refractivity contribution in [3.05, 3.63) is 59.7 Å². The molecular weight excluding hydrogens is 362 g/mol. The first-order valence-electron chi connectivity index (χ1n) is 8.28. The number of aryl methyl sites for hydroxylation is 1. The van der Waals surface area contributed by atoms with Gasteiger partial charge in [0, 0.05) is 11.3 Å². The third-order valence-electron chi connectivity index (χ3n) is 3.80. The Morgan fingerprint density at radius 1 is 1.19 bits per heavy atom. The summed E-state index contributed by atoms with van der Waals surface area (Å²) >= 11 is 1.31. The van der Waals surface area contributed by atoms with Gasteiger partial charge in [-0.05, 0) is 31.2 Å². The first-order chi connectivity index (χ1) is 13.1. The second-order valence-corrected chi connectivity index (χ2v) is 6.94. The fourth-order valence-electron chi connectivity index (χ4n) is 2.31. The Kier molecular flexibility index (Phi) is 5.96. The number of hydrogen-bond donors (Lipinski definition) is 2. The van der Waals surface area contributed by atoms with Crippen molar-refractivity contribution in [2.45, 2.75) is 18.2 Å². The third-order valence-corrected chi connectivity index (χ3v) is 4.89. The molecule has 0 aliphatic rings. The third kappa shape index (κ3) is 4.78. The number of ether oxygens (including phenoxy) is 1. The summed E-state index contributed by atoms with van der Waals surface area (Å²) < 4.78 is 6.95. The summed E-state index contributed by atoms with van der Waals surface area (Å²) in [6.45, 7) is 2.14. The highest BCUT2D eigenvalue weighted by Crippen LogP contribution is 2.22. The zero-order chi connectivity index (χ0) is 19.2. The van der Waals surface area contributed by atoms with Crippen LogP contribution in [-0.4, -0.2) is 38.4 Å². The second kappa shape index (κ2) is 8.58. The van der Waals surface area contributed by atoms with Gasteiger partial charge in [-0.3, -0.25) is 0 Å². The van der Waals surface area contributed by atoms with E-state index in [2.05, 4.69) is 10.2 Å². The highest BCUT2D eigenvalue weighted by atomic mass is 32.2. The minimum Gasteiger partial charge on any atom is -0.491 e. The van der Waals surface area contributed by atoms with Gasteiger partial charge in [0.15, 0.2) is 5.82 Å². The number of nitriles is 1. The number of aromatic nitrogens is 3. The van der Waals surface area contributed by atoms with Crippen molar-refractivity contribution in [2.24, 2.45) is 0 Å². The lowest BCUT2D eigenvalue weighted by Gasteiger charge is -2.12. The number of aliphatic hydroxyl groups excluding tert-OH is 1. The van der Waals surface area contributed by atoms with Crippen molar-refractivity contribution in [3.63, 3.8) is 0 Å². The molecule has 3 rings (SSSR count). The molecule has 1 atom stereocenters. The van der Waals surface area contributed by atoms with E-state index in [1.54, 1.807) is 24.3 Å². The molecule has 3 N–H and O–H groups in total. The Bertz CT molecular complexity index is 932. The average molecular weight is 381 g/mol. The van der Waals surface area contributed by atoms with Gasteiger partial charge < -0.3 is 15.7 Å². The number of nitrogens with zero attached hydrogens (tertiary/aromatic N) is 4. The van der Waals surface area contributed by atoms with Gasteiger partial charge in [-0.1, -0.05) is 41.6 Å². The molecule has 2 aromatic carbocycles. The predicted octanol–water partition coefficient (Wildman–Crippen LogP) is 2.37. The molecule has 27 heavy (non-hydrogen) atoms. The SMILES string of the molecule is Cc1ccc(-c2nnc(SCC(O)COc3ccc(C#N)cc3)n2N)cc1. The summed E-state index contributed by atoms with van der Waals surface area (Å²) in [6.07, 6.45) is -0.704. The molecule has 0 amide bonds. The van der Waals surface area contributed by atoms with E-state index in [9.17, 15) is 5.11 Å². The lowest BCUT2D eigenvalue weighted by molar-refractivity contribution is 0.126. The molecule has 0 spiro atoms. The van der Waals surface area contributed by atoms with E-state index in [0.717, 1.165) is 11.1 Å². The second-order valence-electron chi connectivity index (χ2n) is 5.95. The molecule has 0 aliphatic carbocycles. The van der Waals surface area contributed by atoms with E-state index >= 15 is 0 Å². The van der Waals surface area contributed by atoms with Crippen molar-refractivity contribution in [1.29, 1.82) is 5.26 Å². The molecule has 7 nitrogen and oxygen atoms in total. The van der Waals surface area contributed by atoms with Gasteiger partial charge in [0.05, 0.1) is 17.7 Å². The molecule has 1 unspecified atom stereocenters. The van der Waals surface area contributed by atoms with Crippen LogP contribution >= 0.6 is 11.8 Å². The van der Waals surface area contributed by atoms with Gasteiger partial charge in [0.25, 0.3) is 0 Å². The van der Waals surface area contributed by atoms with Gasteiger partial charge >= 0.3 is 0 Å². The number of nitrogens with two attached hydrogens (primary N) is 1. The quantitative estimate of drug-likeness (QED) is 0.477. The van der Waals surface area contributed by atoms with Gasteiger partial charge in [-0.25, -0.2) is 4.68 Å². The van der Waals surface area contributed by atoms with E-state index in [0.29, 0.717) is 28.0 Å². The molecular formula is C19H19N5O2S. The topological polar surface area (TPSA) is 110 Å². The van der Waals surface area contributed by atoms with Crippen LogP contribution in [0.2, 0.25) is 0 Å². The number of aliphatic hydroxyl groups is 1. The van der Waals surface area contributed by atoms with Crippen molar-refractivity contribution < 1.29 is 9.84 Å². The van der Waals surface area contributed by atoms with Crippen LogP contribution in [0.25, 0.3) is 11.4 Å². The van der Waals surface area contributed by atoms with Crippen LogP contribution in [0, 0.1) is 18.3 Å². The molecule has 0 fully saturated rings. The van der Waals surface area contributed by atoms with E-state index in [1.807, 2.05) is 37.3 Å². The molecule has 0 saturated heterocycles. The van der Waals surface area contributed by atoms with Crippen LogP contribution in [0.5, 0.6) is 5.75 Å². The number of hydrogen-bond acceptors (Lipinski definition) is 7. The van der Waals surface area contributed by atoms with Gasteiger partial charge in [-0.15, -0.1) is 10.2 Å². The van der Waals surface area contributed by atoms with Crippen molar-refractivity contribution in [2.75, 3.05) is 18.2 Å². The summed E-state index contributed by atoms with van der Waals surface area (Å²) in [5, 5.41) is 27.6. The van der Waals surface area contributed by atoms with Crippen molar-refractivity contribution in [1.82, 2.24) is 14.9 Å². The Labute approximate surface area is 161 Å². The summed E-state index contributed by atoms with van der Waals surface area (Å²) in [6, 6.07) is 16.6. The Morgan fingerprint density at radius 3 is 2.56 bits per heavy atom. The summed E-state index contributed by atoms with van der Waals surface area (Å²) in [4.78, 5) is 0. The van der Waals surface area contributed by atoms with E-state index in [1.165, 1.54) is 16.4 Å². The maximum absolute atomic E-state index is 10.1. The van der Waals surface area contributed by atoms with Crippen molar-refractivity contribution in [3.8, 4) is 23.2 Å². The Hall–Kier alpha value is -3.02. The zero-order valence-electron chi connectivity index (χ0n) is 14.7. The van der Waals surface area contributed by atoms with Gasteiger partial charge in [0.1, 0.15) is 12.4 Å². The van der Waals surface area contributed by atoms with Crippen LogP contribution in [0.1, 0.15) is 11.1 Å². The molecule has 8 heteroatoms. The van der Waals surface area contributed by atoms with Gasteiger partial charge in [0.2, 0.25) is 5.16 Å². The van der Waals surface area contributed by atoms with Crippen LogP contribution in [0.4, 0.5) is 0 Å². The molecule has 1 aromatic heterocycles. The molecule has 0 aliphatic heterocycles. The van der Waals surface area contributed by atoms with Crippen LogP contribution in [-0.2, 0) is 0 Å². The highest BCUT2D eigenvalue weighted by Gasteiger charge is 2.14. The zero-order valence-corrected chi connectivity index (χ0v) is 15.6. The fourth-order valence-corrected chi connectivity index (χ4v) is 3.07. The first kappa shape index (κ1) is 18.8. The highest BCUT2D eigenvalue weighted by molar-refractivity contribution is 7.99. The minimum absolute atomic E-state index is 0.127. The van der Waals surface area contributed by atoms with Gasteiger partial charge in [-0.2, -0.15) is 5.26 Å². The Balaban J connectivity index is 1.53. The number of benzene rings is 2. The molecule has 0 saturated carbocycles. The average Bonchev–Trinajstić information content (AvgIpc) is 3.06. The summed E-state index contributed by atoms with van der Waals surface area (Å²) in [5.74, 6) is 7.61. The molecule has 3 aromatic rings. The Morgan fingerprint density at radius 2 is 1.89 bits per heavy atom. The monoisotopic (exact) mass is 381 g/mol. The van der Waals surface area contributed by atoms with Crippen molar-refractivity contribution >= 4 is 11.8 Å². The standard InChI is InChI=1S/C19H19N5O2S/c1-13-2-6-15(7-3-13)18-22-23-19(24(18)21)27-12-16(25)11-26-17-8-4-14(10-20)5-9-17/h2-9,16,25H,11-12,21H2,1H3. The summed E-state index contributed by atoms with van der Waals surface area (Å²) in [7, 11) is 0. The number of rotatable bonds is 7. The maximum atomic E-state index is 10.1. The smallest absolute Gasteiger partial charge is 0.210 e. The van der Waals surface area contributed by atoms with Crippen LogP contribution in [0.15, 0.2) is 53.7 Å². The van der Waals surface area contributed by atoms with Crippen LogP contribution < -0.4 is 10.6 Å². The molecule has 1 heterocycles. The molecule has 0 radical (unpaired) electrons. The van der Waals surface area contributed by atoms with Crippen LogP contribution in [0.3, 0.4) is 0 Å². The fraction of sp³-hybridized carbons (Fsp3) is 0.211. The number of nitrogen functional groups attached to an aromatic ring is 1. The summed E-state index contributed by atoms with van der Waals surface area (Å²) in [5.41, 5.74) is 2.60. The predicted molar refractivity (Wildman–Crippen MR) is 104 cm³/mol. The lowest BCUT2D eigenvalue weighted by Crippen LogP contribution is -2.21. The van der Waals surface area contributed by atoms with E-state index in [-0.39, 0.29) is 6.61 Å². The maximum Gasteiger partial charge on any atom is 0.210 e. The van der Waals surface area contributed by atoms with E-state index < -0.39 is 6.10 Å².